The molecule has 3 aromatic carbocycles. The van der Waals surface area contributed by atoms with Crippen molar-refractivity contribution in [2.45, 2.75) is 6.61 Å². The molecule has 0 heterocycles. The minimum absolute atomic E-state index is 0.487. The average Bonchev–Trinajstić information content (AvgIpc) is 2.62. The van der Waals surface area contributed by atoms with Crippen molar-refractivity contribution in [1.82, 2.24) is 0 Å². The summed E-state index contributed by atoms with van der Waals surface area (Å²) in [6, 6.07) is 23.7. The molecule has 3 rings (SSSR count). The van der Waals surface area contributed by atoms with E-state index in [9.17, 15) is 0 Å². The fourth-order valence-corrected chi connectivity index (χ4v) is 2.45. The predicted octanol–water partition coefficient (Wildman–Crippen LogP) is 4.52. The van der Waals surface area contributed by atoms with Crippen molar-refractivity contribution in [2.24, 2.45) is 0 Å². The zero-order valence-corrected chi connectivity index (χ0v) is 13.0. The first-order valence-electron chi connectivity index (χ1n) is 7.47. The largest absolute Gasteiger partial charge is 0.496 e. The molecule has 3 heteroatoms. The van der Waals surface area contributed by atoms with Gasteiger partial charge in [0.2, 0.25) is 0 Å². The number of methoxy groups -OCH3 is 1. The summed E-state index contributed by atoms with van der Waals surface area (Å²) in [6.45, 7) is 0.487. The second-order valence-electron chi connectivity index (χ2n) is 5.23. The summed E-state index contributed by atoms with van der Waals surface area (Å²) in [6.07, 6.45) is 0. The van der Waals surface area contributed by atoms with Crippen LogP contribution in [0.15, 0.2) is 72.8 Å². The number of nitrogen functional groups attached to an aromatic ring is 1. The van der Waals surface area contributed by atoms with Gasteiger partial charge in [0.15, 0.2) is 0 Å². The van der Waals surface area contributed by atoms with E-state index in [2.05, 4.69) is 0 Å². The summed E-state index contributed by atoms with van der Waals surface area (Å²) in [5, 5.41) is 0. The molecule has 0 aliphatic rings. The summed E-state index contributed by atoms with van der Waals surface area (Å²) < 4.78 is 11.3. The van der Waals surface area contributed by atoms with E-state index in [1.165, 1.54) is 0 Å². The van der Waals surface area contributed by atoms with Crippen molar-refractivity contribution in [3.63, 3.8) is 0 Å². The zero-order chi connectivity index (χ0) is 16.1. The molecule has 0 amide bonds. The molecule has 0 fully saturated rings. The van der Waals surface area contributed by atoms with Gasteiger partial charge in [-0.15, -0.1) is 0 Å². The van der Waals surface area contributed by atoms with Crippen molar-refractivity contribution in [2.75, 3.05) is 12.8 Å². The standard InChI is InChI=1S/C20H19NO2/c1-22-19-10-6-5-9-17(19)16-11-12-18(21)20(13-16)23-14-15-7-3-2-4-8-15/h2-13H,14,21H2,1H3. The molecule has 0 saturated carbocycles. The molecule has 23 heavy (non-hydrogen) atoms. The molecule has 0 aliphatic carbocycles. The van der Waals surface area contributed by atoms with Gasteiger partial charge >= 0.3 is 0 Å². The maximum absolute atomic E-state index is 6.05. The highest BCUT2D eigenvalue weighted by molar-refractivity contribution is 5.74. The van der Waals surface area contributed by atoms with Crippen LogP contribution in [0, 0.1) is 0 Å². The van der Waals surface area contributed by atoms with Crippen LogP contribution in [-0.2, 0) is 6.61 Å². The molecule has 0 unspecified atom stereocenters. The molecule has 0 aliphatic heterocycles. The van der Waals surface area contributed by atoms with Crippen molar-refractivity contribution in [1.29, 1.82) is 0 Å². The van der Waals surface area contributed by atoms with E-state index in [1.54, 1.807) is 7.11 Å². The fraction of sp³-hybridized carbons (Fsp3) is 0.100. The van der Waals surface area contributed by atoms with Crippen LogP contribution in [0.2, 0.25) is 0 Å². The third-order valence-electron chi connectivity index (χ3n) is 3.67. The molecule has 3 aromatic rings. The van der Waals surface area contributed by atoms with E-state index in [1.807, 2.05) is 72.8 Å². The molecular formula is C20H19NO2. The van der Waals surface area contributed by atoms with Crippen molar-refractivity contribution in [3.05, 3.63) is 78.4 Å². The first-order valence-corrected chi connectivity index (χ1v) is 7.47. The first-order chi connectivity index (χ1) is 11.3. The van der Waals surface area contributed by atoms with E-state index >= 15 is 0 Å². The number of rotatable bonds is 5. The maximum atomic E-state index is 6.05. The van der Waals surface area contributed by atoms with Gasteiger partial charge in [-0.05, 0) is 29.3 Å². The van der Waals surface area contributed by atoms with Crippen molar-refractivity contribution < 1.29 is 9.47 Å². The fourth-order valence-electron chi connectivity index (χ4n) is 2.45. The second kappa shape index (κ2) is 6.88. The Morgan fingerprint density at radius 3 is 2.35 bits per heavy atom. The Morgan fingerprint density at radius 2 is 1.57 bits per heavy atom. The van der Waals surface area contributed by atoms with E-state index in [0.29, 0.717) is 18.0 Å². The smallest absolute Gasteiger partial charge is 0.143 e. The van der Waals surface area contributed by atoms with Crippen LogP contribution in [0.1, 0.15) is 5.56 Å². The molecule has 116 valence electrons. The number of anilines is 1. The molecule has 0 atom stereocenters. The maximum Gasteiger partial charge on any atom is 0.143 e. The van der Waals surface area contributed by atoms with Gasteiger partial charge in [0, 0.05) is 5.56 Å². The highest BCUT2D eigenvalue weighted by Gasteiger charge is 2.08. The van der Waals surface area contributed by atoms with Gasteiger partial charge < -0.3 is 15.2 Å². The Morgan fingerprint density at radius 1 is 0.826 bits per heavy atom. The molecule has 0 bridgehead atoms. The van der Waals surface area contributed by atoms with Crippen LogP contribution in [-0.4, -0.2) is 7.11 Å². The summed E-state index contributed by atoms with van der Waals surface area (Å²) in [5.74, 6) is 1.50. The topological polar surface area (TPSA) is 44.5 Å². The van der Waals surface area contributed by atoms with E-state index < -0.39 is 0 Å². The normalized spacial score (nSPS) is 10.3. The minimum atomic E-state index is 0.487. The van der Waals surface area contributed by atoms with Crippen LogP contribution < -0.4 is 15.2 Å². The Bertz CT molecular complexity index is 785. The van der Waals surface area contributed by atoms with E-state index in [0.717, 1.165) is 22.4 Å². The zero-order valence-electron chi connectivity index (χ0n) is 13.0. The van der Waals surface area contributed by atoms with Gasteiger partial charge in [0.05, 0.1) is 12.8 Å². The van der Waals surface area contributed by atoms with Crippen LogP contribution in [0.25, 0.3) is 11.1 Å². The van der Waals surface area contributed by atoms with Crippen LogP contribution in [0.4, 0.5) is 5.69 Å². The lowest BCUT2D eigenvalue weighted by Crippen LogP contribution is -1.99. The number of benzene rings is 3. The number of hydrogen-bond donors (Lipinski definition) is 1. The monoisotopic (exact) mass is 305 g/mol. The molecule has 2 N–H and O–H groups in total. The highest BCUT2D eigenvalue weighted by atomic mass is 16.5. The predicted molar refractivity (Wildman–Crippen MR) is 93.6 cm³/mol. The molecule has 0 spiro atoms. The summed E-state index contributed by atoms with van der Waals surface area (Å²) in [7, 11) is 1.67. The third-order valence-corrected chi connectivity index (χ3v) is 3.67. The summed E-state index contributed by atoms with van der Waals surface area (Å²) >= 11 is 0. The third kappa shape index (κ3) is 3.46. The van der Waals surface area contributed by atoms with Crippen LogP contribution >= 0.6 is 0 Å². The average molecular weight is 305 g/mol. The Balaban J connectivity index is 1.87. The molecule has 3 nitrogen and oxygen atoms in total. The second-order valence-corrected chi connectivity index (χ2v) is 5.23. The molecule has 0 radical (unpaired) electrons. The van der Waals surface area contributed by atoms with Crippen molar-refractivity contribution >= 4 is 5.69 Å². The lowest BCUT2D eigenvalue weighted by molar-refractivity contribution is 0.308. The SMILES string of the molecule is COc1ccccc1-c1ccc(N)c(OCc2ccccc2)c1. The van der Waals surface area contributed by atoms with Crippen molar-refractivity contribution in [3.8, 4) is 22.6 Å². The Labute approximate surface area is 136 Å². The Hall–Kier alpha value is -2.94. The van der Waals surface area contributed by atoms with Gasteiger partial charge in [0.25, 0.3) is 0 Å². The van der Waals surface area contributed by atoms with Crippen LogP contribution in [0.5, 0.6) is 11.5 Å². The summed E-state index contributed by atoms with van der Waals surface area (Å²) in [4.78, 5) is 0. The Kier molecular flexibility index (Phi) is 4.48. The number of nitrogens with two attached hydrogens (primary N) is 1. The molecule has 0 aromatic heterocycles. The highest BCUT2D eigenvalue weighted by Crippen LogP contribution is 2.34. The van der Waals surface area contributed by atoms with Crippen LogP contribution in [0.3, 0.4) is 0 Å². The van der Waals surface area contributed by atoms with E-state index in [4.69, 9.17) is 15.2 Å². The van der Waals surface area contributed by atoms with Gasteiger partial charge in [0.1, 0.15) is 18.1 Å². The van der Waals surface area contributed by atoms with Gasteiger partial charge in [-0.2, -0.15) is 0 Å². The number of ether oxygens (including phenoxy) is 2. The molecular weight excluding hydrogens is 286 g/mol. The summed E-state index contributed by atoms with van der Waals surface area (Å²) in [5.41, 5.74) is 9.80. The lowest BCUT2D eigenvalue weighted by atomic mass is 10.0. The minimum Gasteiger partial charge on any atom is -0.496 e. The van der Waals surface area contributed by atoms with Gasteiger partial charge in [-0.3, -0.25) is 0 Å². The molecule has 0 saturated heterocycles. The quantitative estimate of drug-likeness (QED) is 0.705. The first kappa shape index (κ1) is 15.0. The van der Waals surface area contributed by atoms with Gasteiger partial charge in [-0.1, -0.05) is 54.6 Å². The van der Waals surface area contributed by atoms with E-state index in [-0.39, 0.29) is 0 Å². The number of para-hydroxylation sites is 1. The lowest BCUT2D eigenvalue weighted by Gasteiger charge is -2.13. The van der Waals surface area contributed by atoms with Gasteiger partial charge in [-0.25, -0.2) is 0 Å². The number of hydrogen-bond acceptors (Lipinski definition) is 3.